The van der Waals surface area contributed by atoms with Gasteiger partial charge in [0.2, 0.25) is 11.8 Å². The van der Waals surface area contributed by atoms with Crippen molar-refractivity contribution in [2.45, 2.75) is 50.9 Å². The fraction of sp³-hybridized carbons (Fsp3) is 0.500. The highest BCUT2D eigenvalue weighted by molar-refractivity contribution is 6.06. The number of anilines is 1. The first-order chi connectivity index (χ1) is 15.1. The zero-order chi connectivity index (χ0) is 23.9. The molecule has 32 heavy (non-hydrogen) atoms. The third-order valence-electron chi connectivity index (χ3n) is 5.02. The van der Waals surface area contributed by atoms with E-state index in [-0.39, 0.29) is 24.1 Å². The first-order valence-electron chi connectivity index (χ1n) is 10.1. The molecule has 3 rings (SSSR count). The normalized spacial score (nSPS) is 17.9. The number of carboxylic acids is 1. The minimum atomic E-state index is -5.08. The van der Waals surface area contributed by atoms with Crippen molar-refractivity contribution < 1.29 is 37.5 Å². The molecule has 12 heteroatoms. The number of rotatable bonds is 7. The van der Waals surface area contributed by atoms with Crippen molar-refractivity contribution in [3.05, 3.63) is 29.3 Å². The lowest BCUT2D eigenvalue weighted by Gasteiger charge is -2.29. The van der Waals surface area contributed by atoms with E-state index < -0.39 is 18.2 Å². The predicted molar refractivity (Wildman–Crippen MR) is 108 cm³/mol. The minimum absolute atomic E-state index is 0.142. The van der Waals surface area contributed by atoms with Crippen molar-refractivity contribution in [3.63, 3.8) is 0 Å². The second-order valence-electron chi connectivity index (χ2n) is 7.31. The number of carboxylic acid groups (broad SMARTS) is 1. The average molecular weight is 458 g/mol. The molecule has 0 bridgehead atoms. The van der Waals surface area contributed by atoms with Crippen LogP contribution in [0.3, 0.4) is 0 Å². The Labute approximate surface area is 182 Å². The van der Waals surface area contributed by atoms with Gasteiger partial charge in [0.15, 0.2) is 0 Å². The number of piperidine rings is 1. The number of alkyl halides is 3. The largest absolute Gasteiger partial charge is 0.490 e. The number of benzene rings is 1. The topological polar surface area (TPSA) is 142 Å². The number of fused-ring (bicyclic) bond motifs is 1. The fourth-order valence-electron chi connectivity index (χ4n) is 3.42. The summed E-state index contributed by atoms with van der Waals surface area (Å²) < 4.78 is 31.7. The maximum absolute atomic E-state index is 12.7. The van der Waals surface area contributed by atoms with Gasteiger partial charge in [0, 0.05) is 36.3 Å². The Morgan fingerprint density at radius 2 is 1.91 bits per heavy atom. The molecular weight excluding hydrogens is 433 g/mol. The predicted octanol–water partition coefficient (Wildman–Crippen LogP) is 1.62. The Kier molecular flexibility index (Phi) is 8.58. The lowest BCUT2D eigenvalue weighted by atomic mass is 10.0. The van der Waals surface area contributed by atoms with Crippen molar-refractivity contribution >= 4 is 29.4 Å². The summed E-state index contributed by atoms with van der Waals surface area (Å²) in [5, 5.41) is 12.8. The Morgan fingerprint density at radius 3 is 2.50 bits per heavy atom. The van der Waals surface area contributed by atoms with Crippen molar-refractivity contribution in [2.75, 3.05) is 18.4 Å². The highest BCUT2D eigenvalue weighted by Crippen LogP contribution is 2.32. The number of nitrogens with one attached hydrogen (secondary N) is 2. The Bertz CT molecular complexity index is 875. The van der Waals surface area contributed by atoms with E-state index in [9.17, 15) is 27.6 Å². The van der Waals surface area contributed by atoms with E-state index in [0.29, 0.717) is 25.1 Å². The van der Waals surface area contributed by atoms with Crippen LogP contribution in [0.4, 0.5) is 18.9 Å². The van der Waals surface area contributed by atoms with Crippen LogP contribution in [0.1, 0.15) is 48.0 Å². The molecule has 0 aliphatic carbocycles. The Morgan fingerprint density at radius 1 is 1.22 bits per heavy atom. The lowest BCUT2D eigenvalue weighted by Crippen LogP contribution is -2.52. The van der Waals surface area contributed by atoms with Crippen molar-refractivity contribution in [1.29, 1.82) is 0 Å². The third-order valence-corrected chi connectivity index (χ3v) is 5.02. The van der Waals surface area contributed by atoms with E-state index in [2.05, 4.69) is 10.6 Å². The molecule has 0 aromatic heterocycles. The zero-order valence-electron chi connectivity index (χ0n) is 17.2. The minimum Gasteiger partial charge on any atom is -0.475 e. The van der Waals surface area contributed by atoms with Crippen LogP contribution in [0, 0.1) is 0 Å². The molecule has 0 spiro atoms. The van der Waals surface area contributed by atoms with E-state index >= 15 is 0 Å². The van der Waals surface area contributed by atoms with Crippen molar-refractivity contribution in [1.82, 2.24) is 10.2 Å². The molecule has 2 aliphatic heterocycles. The summed E-state index contributed by atoms with van der Waals surface area (Å²) in [5.74, 6) is -3.55. The van der Waals surface area contributed by atoms with Gasteiger partial charge in [-0.2, -0.15) is 13.2 Å². The Hall–Kier alpha value is -3.15. The maximum Gasteiger partial charge on any atom is 0.490 e. The maximum atomic E-state index is 12.7. The van der Waals surface area contributed by atoms with Crippen LogP contribution >= 0.6 is 0 Å². The molecule has 0 saturated carbocycles. The van der Waals surface area contributed by atoms with Gasteiger partial charge in [0.05, 0.1) is 0 Å². The van der Waals surface area contributed by atoms with Crippen LogP contribution in [0.2, 0.25) is 0 Å². The summed E-state index contributed by atoms with van der Waals surface area (Å²) >= 11 is 0. The summed E-state index contributed by atoms with van der Waals surface area (Å²) in [6, 6.07) is 5.04. The number of imide groups is 1. The number of hydrogen-bond acceptors (Lipinski definition) is 6. The number of amides is 3. The van der Waals surface area contributed by atoms with Gasteiger partial charge >= 0.3 is 12.1 Å². The molecule has 1 saturated heterocycles. The average Bonchev–Trinajstić information content (AvgIpc) is 3.05. The van der Waals surface area contributed by atoms with Gasteiger partial charge in [-0.3, -0.25) is 19.7 Å². The number of aliphatic carboxylic acids is 1. The fourth-order valence-corrected chi connectivity index (χ4v) is 3.42. The molecule has 0 radical (unpaired) electrons. The van der Waals surface area contributed by atoms with E-state index in [1.807, 2.05) is 12.1 Å². The lowest BCUT2D eigenvalue weighted by molar-refractivity contribution is -0.192. The van der Waals surface area contributed by atoms with Gasteiger partial charge < -0.3 is 21.1 Å². The monoisotopic (exact) mass is 458 g/mol. The standard InChI is InChI=1S/C18H24N4O3.C2HF3O2/c19-9-2-1-3-10-20-14-6-4-5-12-13(14)11-22(18(12)25)15-7-8-16(23)21-17(15)24;3-2(4,5)1(6)7/h4-6,15,20H,1-3,7-11,19H2,(H,21,23,24);(H,6,7). The van der Waals surface area contributed by atoms with Gasteiger partial charge in [-0.25, -0.2) is 4.79 Å². The summed E-state index contributed by atoms with van der Waals surface area (Å²) in [4.78, 5) is 46.6. The highest BCUT2D eigenvalue weighted by atomic mass is 19.4. The SMILES string of the molecule is NCCCCCNc1cccc2c1CN(C1CCC(=O)NC1=O)C2=O.O=C(O)C(F)(F)F. The summed E-state index contributed by atoms with van der Waals surface area (Å²) in [7, 11) is 0. The molecule has 1 aromatic rings. The van der Waals surface area contributed by atoms with E-state index in [1.165, 1.54) is 0 Å². The number of nitrogens with two attached hydrogens (primary N) is 1. The Balaban J connectivity index is 0.000000451. The molecule has 1 unspecified atom stereocenters. The highest BCUT2D eigenvalue weighted by Gasteiger charge is 2.40. The smallest absolute Gasteiger partial charge is 0.475 e. The zero-order valence-corrected chi connectivity index (χ0v) is 17.2. The van der Waals surface area contributed by atoms with Gasteiger partial charge in [-0.15, -0.1) is 0 Å². The number of unbranched alkanes of at least 4 members (excludes halogenated alkanes) is 2. The molecule has 2 aliphatic rings. The number of nitrogens with zero attached hydrogens (tertiary/aromatic N) is 1. The van der Waals surface area contributed by atoms with Gasteiger partial charge in [0.1, 0.15) is 6.04 Å². The molecule has 3 amide bonds. The van der Waals surface area contributed by atoms with Gasteiger partial charge in [0.25, 0.3) is 5.91 Å². The molecule has 1 aromatic carbocycles. The molecule has 9 nitrogen and oxygen atoms in total. The van der Waals surface area contributed by atoms with Gasteiger partial charge in [-0.1, -0.05) is 12.5 Å². The molecule has 1 atom stereocenters. The van der Waals surface area contributed by atoms with Crippen LogP contribution in [-0.4, -0.2) is 59.0 Å². The molecule has 1 fully saturated rings. The molecule has 2 heterocycles. The third kappa shape index (κ3) is 6.42. The van der Waals surface area contributed by atoms with E-state index in [0.717, 1.165) is 37.1 Å². The number of hydrogen-bond donors (Lipinski definition) is 4. The van der Waals surface area contributed by atoms with Crippen molar-refractivity contribution in [2.24, 2.45) is 5.73 Å². The van der Waals surface area contributed by atoms with Crippen molar-refractivity contribution in [3.8, 4) is 0 Å². The van der Waals surface area contributed by atoms with Crippen LogP contribution < -0.4 is 16.4 Å². The first-order valence-corrected chi connectivity index (χ1v) is 10.1. The van der Waals surface area contributed by atoms with E-state index in [1.54, 1.807) is 11.0 Å². The van der Waals surface area contributed by atoms with Gasteiger partial charge in [-0.05, 0) is 37.9 Å². The molecule has 5 N–H and O–H groups in total. The molecule has 176 valence electrons. The molecular formula is C20H25F3N4O5. The summed E-state index contributed by atoms with van der Waals surface area (Å²) in [5.41, 5.74) is 8.00. The quantitative estimate of drug-likeness (QED) is 0.359. The number of carbonyl (C=O) groups is 4. The van der Waals surface area contributed by atoms with Crippen LogP contribution in [0.25, 0.3) is 0 Å². The van der Waals surface area contributed by atoms with E-state index in [4.69, 9.17) is 15.6 Å². The summed E-state index contributed by atoms with van der Waals surface area (Å²) in [6.45, 7) is 1.92. The first kappa shape index (κ1) is 25.1. The van der Waals surface area contributed by atoms with Crippen LogP contribution in [-0.2, 0) is 20.9 Å². The summed E-state index contributed by atoms with van der Waals surface area (Å²) in [6.07, 6.45) is -1.34. The van der Waals surface area contributed by atoms with Crippen LogP contribution in [0.5, 0.6) is 0 Å². The van der Waals surface area contributed by atoms with Crippen LogP contribution in [0.15, 0.2) is 18.2 Å². The number of halogens is 3. The second kappa shape index (κ2) is 10.9. The number of carbonyl (C=O) groups excluding carboxylic acids is 3. The second-order valence-corrected chi connectivity index (χ2v) is 7.31.